The molecule has 0 aromatic heterocycles. The van der Waals surface area contributed by atoms with Gasteiger partial charge < -0.3 is 0 Å². The van der Waals surface area contributed by atoms with Crippen LogP contribution in [0.3, 0.4) is 0 Å². The zero-order valence-corrected chi connectivity index (χ0v) is 41.1. The number of hydrogen-bond donors (Lipinski definition) is 0. The third-order valence-electron chi connectivity index (χ3n) is 11.7. The van der Waals surface area contributed by atoms with Gasteiger partial charge in [-0.15, -0.1) is 11.5 Å². The van der Waals surface area contributed by atoms with Crippen LogP contribution in [-0.4, -0.2) is 53.2 Å². The van der Waals surface area contributed by atoms with Crippen LogP contribution in [0.5, 0.6) is 0 Å². The van der Waals surface area contributed by atoms with Crippen molar-refractivity contribution in [2.45, 2.75) is 83.0 Å². The zero-order chi connectivity index (χ0) is 49.8. The van der Waals surface area contributed by atoms with Gasteiger partial charge in [-0.2, -0.15) is 10.5 Å². The number of hydrogen-bond acceptors (Lipinski definition) is 10. The summed E-state index contributed by atoms with van der Waals surface area (Å²) in [5, 5.41) is 19.6. The van der Waals surface area contributed by atoms with Gasteiger partial charge >= 0.3 is 0 Å². The Morgan fingerprint density at radius 3 is 0.857 bits per heavy atom. The predicted molar refractivity (Wildman–Crippen MR) is 268 cm³/mol. The number of rotatable bonds is 12. The first kappa shape index (κ1) is 50.9. The molecule has 6 aromatic rings. The summed E-state index contributed by atoms with van der Waals surface area (Å²) in [6.07, 6.45) is 4.26. The minimum atomic E-state index is -4.45. The van der Waals surface area contributed by atoms with Gasteiger partial charge in [-0.1, -0.05) is 154 Å². The van der Waals surface area contributed by atoms with E-state index in [2.05, 4.69) is 23.6 Å². The standard InChI is InChI=1S/2C27H24N2O4S2/c2*28-21-24(22-12-4-1-5-13-22)20-23-14-10-11-19-27(23)29(34(30,31)25-15-6-2-7-16-25)35(32,33)26-17-8-3-9-18-26/h2*1-9,12-13,15-18,27H,10-11,14,19H2/t2*20?,27-/m11/s1. The highest BCUT2D eigenvalue weighted by Gasteiger charge is 2.46. The summed E-state index contributed by atoms with van der Waals surface area (Å²) in [6.45, 7) is 0. The van der Waals surface area contributed by atoms with Gasteiger partial charge in [0.2, 0.25) is 0 Å². The van der Waals surface area contributed by atoms with Gasteiger partial charge in [0, 0.05) is 11.1 Å². The van der Waals surface area contributed by atoms with Crippen LogP contribution >= 0.6 is 0 Å². The molecule has 8 rings (SSSR count). The highest BCUT2D eigenvalue weighted by Crippen LogP contribution is 2.38. The molecule has 16 heteroatoms. The summed E-state index contributed by atoms with van der Waals surface area (Å²) in [4.78, 5) is -0.456. The third kappa shape index (κ3) is 11.4. The Labute approximate surface area is 411 Å². The fourth-order valence-electron chi connectivity index (χ4n) is 8.32. The monoisotopic (exact) mass is 1010 g/mol. The fourth-order valence-corrected chi connectivity index (χ4v) is 16.5. The summed E-state index contributed by atoms with van der Waals surface area (Å²) >= 11 is 0. The summed E-state index contributed by atoms with van der Waals surface area (Å²) < 4.78 is 112. The van der Waals surface area contributed by atoms with Crippen molar-refractivity contribution in [2.75, 3.05) is 0 Å². The lowest BCUT2D eigenvalue weighted by atomic mass is 9.90. The van der Waals surface area contributed by atoms with Gasteiger partial charge in [-0.3, -0.25) is 0 Å². The van der Waals surface area contributed by atoms with E-state index in [0.717, 1.165) is 12.8 Å². The Hall–Kier alpha value is -6.94. The first-order chi connectivity index (χ1) is 33.7. The summed E-state index contributed by atoms with van der Waals surface area (Å²) in [6, 6.07) is 50.4. The molecular weight excluding hydrogens is 961 g/mol. The molecule has 0 bridgehead atoms. The van der Waals surface area contributed by atoms with E-state index in [1.165, 1.54) is 48.5 Å². The van der Waals surface area contributed by atoms with Gasteiger partial charge in [0.25, 0.3) is 40.1 Å². The van der Waals surface area contributed by atoms with Crippen molar-refractivity contribution in [3.05, 3.63) is 216 Å². The highest BCUT2D eigenvalue weighted by molar-refractivity contribution is 8.04. The van der Waals surface area contributed by atoms with E-state index in [0.29, 0.717) is 68.2 Å². The average Bonchev–Trinajstić information content (AvgIpc) is 3.39. The van der Waals surface area contributed by atoms with Gasteiger partial charge in [0.1, 0.15) is 23.3 Å². The smallest absolute Gasteiger partial charge is 0.206 e. The van der Waals surface area contributed by atoms with Crippen molar-refractivity contribution in [2.24, 2.45) is 0 Å². The first-order valence-corrected chi connectivity index (χ1v) is 28.2. The van der Waals surface area contributed by atoms with Crippen molar-refractivity contribution in [1.29, 1.82) is 10.5 Å². The molecule has 0 aliphatic heterocycles. The van der Waals surface area contributed by atoms with Crippen molar-refractivity contribution in [3.8, 4) is 12.1 Å². The second-order valence-corrected chi connectivity index (χ2v) is 24.0. The summed E-state index contributed by atoms with van der Waals surface area (Å²) in [5.74, 6) is 0. The summed E-state index contributed by atoms with van der Waals surface area (Å²) in [5.41, 5.74) is 8.91. The van der Waals surface area contributed by atoms with Gasteiger partial charge in [-0.05, 0) is 98.2 Å². The molecule has 0 radical (unpaired) electrons. The molecule has 0 heterocycles. The van der Waals surface area contributed by atoms with Crippen LogP contribution < -0.4 is 0 Å². The van der Waals surface area contributed by atoms with Gasteiger partial charge in [0.15, 0.2) is 0 Å². The summed E-state index contributed by atoms with van der Waals surface area (Å²) in [7, 11) is -17.8. The Morgan fingerprint density at radius 1 is 0.371 bits per heavy atom. The molecule has 2 fully saturated rings. The van der Waals surface area contributed by atoms with Crippen molar-refractivity contribution < 1.29 is 33.7 Å². The van der Waals surface area contributed by atoms with E-state index < -0.39 is 52.2 Å². The highest BCUT2D eigenvalue weighted by atomic mass is 32.3. The minimum Gasteiger partial charge on any atom is -0.206 e. The largest absolute Gasteiger partial charge is 0.256 e. The Kier molecular flexibility index (Phi) is 16.5. The quantitative estimate of drug-likeness (QED) is 0.0842. The van der Waals surface area contributed by atoms with E-state index in [9.17, 15) is 44.2 Å². The Bertz CT molecular complexity index is 3110. The fraction of sp³-hybridized carbons (Fsp3) is 0.185. The molecule has 2 saturated carbocycles. The van der Waals surface area contributed by atoms with E-state index in [1.807, 2.05) is 12.1 Å². The molecule has 6 aromatic carbocycles. The molecule has 0 amide bonds. The number of benzene rings is 6. The van der Waals surface area contributed by atoms with E-state index in [1.54, 1.807) is 121 Å². The van der Waals surface area contributed by atoms with Crippen LogP contribution in [0.2, 0.25) is 0 Å². The van der Waals surface area contributed by atoms with Crippen LogP contribution in [-0.2, 0) is 40.1 Å². The van der Waals surface area contributed by atoms with Gasteiger partial charge in [-0.25, -0.2) is 33.7 Å². The molecule has 0 spiro atoms. The Balaban J connectivity index is 0.000000206. The van der Waals surface area contributed by atoms with Crippen LogP contribution in [0.25, 0.3) is 11.1 Å². The Morgan fingerprint density at radius 2 is 0.614 bits per heavy atom. The van der Waals surface area contributed by atoms with Crippen LogP contribution in [0.4, 0.5) is 0 Å². The topological polar surface area (TPSA) is 191 Å². The maximum absolute atomic E-state index is 13.9. The van der Waals surface area contributed by atoms with Crippen LogP contribution in [0.15, 0.2) is 224 Å². The second-order valence-electron chi connectivity index (χ2n) is 16.3. The lowest BCUT2D eigenvalue weighted by Gasteiger charge is -2.33. The molecule has 356 valence electrons. The number of sulfonamides is 4. The van der Waals surface area contributed by atoms with E-state index in [4.69, 9.17) is 0 Å². The second kappa shape index (κ2) is 22.7. The molecule has 0 saturated heterocycles. The lowest BCUT2D eigenvalue weighted by Crippen LogP contribution is -2.46. The van der Waals surface area contributed by atoms with Gasteiger partial charge in [0.05, 0.1) is 31.7 Å². The molecule has 0 unspecified atom stereocenters. The zero-order valence-electron chi connectivity index (χ0n) is 37.8. The average molecular weight is 1010 g/mol. The maximum Gasteiger partial charge on any atom is 0.256 e. The van der Waals surface area contributed by atoms with Crippen molar-refractivity contribution in [1.82, 2.24) is 7.42 Å². The molecule has 2 aliphatic carbocycles. The van der Waals surface area contributed by atoms with Crippen LogP contribution in [0, 0.1) is 22.7 Å². The van der Waals surface area contributed by atoms with Crippen molar-refractivity contribution in [3.63, 3.8) is 0 Å². The molecule has 2 atom stereocenters. The van der Waals surface area contributed by atoms with E-state index >= 15 is 0 Å². The van der Waals surface area contributed by atoms with Crippen molar-refractivity contribution >= 4 is 51.2 Å². The molecular formula is C54H48N4O8S4. The predicted octanol–water partition coefficient (Wildman–Crippen LogP) is 10.3. The lowest BCUT2D eigenvalue weighted by molar-refractivity contribution is 0.392. The molecule has 2 aliphatic rings. The number of nitriles is 2. The normalized spacial score (nSPS) is 16.3. The third-order valence-corrected chi connectivity index (χ3v) is 20.4. The molecule has 12 nitrogen and oxygen atoms in total. The SMILES string of the molecule is N#CC(=C=C1CCCC[C@H]1N(S(=O)(=O)c1ccccc1)S(=O)(=O)c1ccccc1)c1ccccc1.N#CC(=C=C1CCCC[C@H]1N(S(=O)(=O)c1ccccc1)S(=O)(=O)c1ccccc1)c1ccccc1. The van der Waals surface area contributed by atoms with E-state index in [-0.39, 0.29) is 30.7 Å². The first-order valence-electron chi connectivity index (χ1n) is 22.4. The molecule has 70 heavy (non-hydrogen) atoms. The maximum atomic E-state index is 13.9. The molecule has 0 N–H and O–H groups in total. The van der Waals surface area contributed by atoms with Crippen LogP contribution in [0.1, 0.15) is 62.5 Å². The minimum absolute atomic E-state index is 0.114. The number of nitrogens with zero attached hydrogens (tertiary/aromatic N) is 4.